The summed E-state index contributed by atoms with van der Waals surface area (Å²) in [4.78, 5) is 24.7. The lowest BCUT2D eigenvalue weighted by Crippen LogP contribution is -2.40. The quantitative estimate of drug-likeness (QED) is 0.599. The molecule has 1 saturated carbocycles. The summed E-state index contributed by atoms with van der Waals surface area (Å²) >= 11 is 0. The van der Waals surface area contributed by atoms with E-state index in [1.807, 2.05) is 42.6 Å². The third kappa shape index (κ3) is 3.47. The van der Waals surface area contributed by atoms with Crippen LogP contribution in [-0.2, 0) is 10.3 Å². The van der Waals surface area contributed by atoms with Gasteiger partial charge in [-0.1, -0.05) is 32.0 Å². The lowest BCUT2D eigenvalue weighted by atomic mass is 9.98. The summed E-state index contributed by atoms with van der Waals surface area (Å²) in [6, 6.07) is 11.4. The van der Waals surface area contributed by atoms with Crippen LogP contribution in [0.15, 0.2) is 42.6 Å². The molecule has 0 radical (unpaired) electrons. The van der Waals surface area contributed by atoms with Gasteiger partial charge < -0.3 is 10.1 Å². The Hall–Kier alpha value is -3.15. The van der Waals surface area contributed by atoms with E-state index in [1.165, 1.54) is 0 Å². The Bertz CT molecular complexity index is 1130. The molecule has 156 valence electrons. The van der Waals surface area contributed by atoms with E-state index in [-0.39, 0.29) is 11.7 Å². The molecule has 1 N–H and O–H groups in total. The molecule has 1 fully saturated rings. The number of nitrogens with one attached hydrogen (secondary N) is 1. The van der Waals surface area contributed by atoms with E-state index >= 15 is 0 Å². The standard InChI is InChI=1S/C24H27N3O3/c1-15(2)13-25-23(29)24(10-11-24)27-14-20-19(8-9-21(30-4)22(20)26-27)18-7-5-6-17(12-18)16(3)28/h5-9,12,14-15H,10-11,13H2,1-4H3,(H,25,29). The van der Waals surface area contributed by atoms with E-state index in [0.29, 0.717) is 29.3 Å². The second kappa shape index (κ2) is 7.59. The molecule has 1 amide bonds. The molecule has 1 aliphatic rings. The Kier molecular flexibility index (Phi) is 5.10. The summed E-state index contributed by atoms with van der Waals surface area (Å²) in [5.41, 5.74) is 2.64. The molecule has 0 bridgehead atoms. The van der Waals surface area contributed by atoms with Crippen LogP contribution in [0.5, 0.6) is 5.75 Å². The highest BCUT2D eigenvalue weighted by Crippen LogP contribution is 2.45. The maximum Gasteiger partial charge on any atom is 0.248 e. The van der Waals surface area contributed by atoms with Gasteiger partial charge >= 0.3 is 0 Å². The molecule has 2 aromatic carbocycles. The molecule has 0 saturated heterocycles. The lowest BCUT2D eigenvalue weighted by Gasteiger charge is -2.16. The predicted molar refractivity (Wildman–Crippen MR) is 117 cm³/mol. The molecule has 3 aromatic rings. The van der Waals surface area contributed by atoms with Crippen LogP contribution in [0.25, 0.3) is 22.0 Å². The SMILES string of the molecule is COc1ccc(-c2cccc(C(C)=O)c2)c2cn(C3(C(=O)NCC(C)C)CC3)nc12. The average molecular weight is 405 g/mol. The number of fused-ring (bicyclic) bond motifs is 1. The minimum absolute atomic E-state index is 0.0168. The molecule has 0 aliphatic heterocycles. The number of benzene rings is 2. The van der Waals surface area contributed by atoms with Gasteiger partial charge in [-0.3, -0.25) is 14.3 Å². The summed E-state index contributed by atoms with van der Waals surface area (Å²) in [7, 11) is 1.62. The van der Waals surface area contributed by atoms with Crippen LogP contribution in [0.3, 0.4) is 0 Å². The minimum Gasteiger partial charge on any atom is -0.494 e. The lowest BCUT2D eigenvalue weighted by molar-refractivity contribution is -0.126. The van der Waals surface area contributed by atoms with E-state index in [9.17, 15) is 9.59 Å². The van der Waals surface area contributed by atoms with Crippen molar-refractivity contribution < 1.29 is 14.3 Å². The summed E-state index contributed by atoms with van der Waals surface area (Å²) in [5, 5.41) is 8.73. The molecule has 0 atom stereocenters. The van der Waals surface area contributed by atoms with Gasteiger partial charge in [-0.2, -0.15) is 5.10 Å². The minimum atomic E-state index is -0.628. The number of hydrogen-bond donors (Lipinski definition) is 1. The van der Waals surface area contributed by atoms with Crippen LogP contribution < -0.4 is 10.1 Å². The van der Waals surface area contributed by atoms with Gasteiger partial charge in [-0.15, -0.1) is 0 Å². The maximum atomic E-state index is 12.9. The van der Waals surface area contributed by atoms with Crippen molar-refractivity contribution in [3.05, 3.63) is 48.2 Å². The first kappa shape index (κ1) is 20.1. The molecule has 1 aromatic heterocycles. The van der Waals surface area contributed by atoms with Crippen molar-refractivity contribution in [3.8, 4) is 16.9 Å². The van der Waals surface area contributed by atoms with Crippen LogP contribution in [0, 0.1) is 5.92 Å². The van der Waals surface area contributed by atoms with Gasteiger partial charge in [0.2, 0.25) is 5.91 Å². The number of ketones is 1. The van der Waals surface area contributed by atoms with Crippen molar-refractivity contribution in [1.82, 2.24) is 15.1 Å². The number of hydrogen-bond acceptors (Lipinski definition) is 4. The van der Waals surface area contributed by atoms with Gasteiger partial charge in [-0.05, 0) is 55.0 Å². The van der Waals surface area contributed by atoms with Crippen LogP contribution in [0.2, 0.25) is 0 Å². The Morgan fingerprint density at radius 1 is 1.23 bits per heavy atom. The number of amides is 1. The molecular weight excluding hydrogens is 378 g/mol. The fourth-order valence-corrected chi connectivity index (χ4v) is 3.76. The highest BCUT2D eigenvalue weighted by molar-refractivity contribution is 6.00. The van der Waals surface area contributed by atoms with Gasteiger partial charge in [0.15, 0.2) is 5.78 Å². The highest BCUT2D eigenvalue weighted by Gasteiger charge is 2.52. The molecule has 1 heterocycles. The van der Waals surface area contributed by atoms with Gasteiger partial charge in [0.05, 0.1) is 7.11 Å². The van der Waals surface area contributed by atoms with E-state index < -0.39 is 5.54 Å². The van der Waals surface area contributed by atoms with Gasteiger partial charge in [0.25, 0.3) is 0 Å². The Morgan fingerprint density at radius 3 is 2.63 bits per heavy atom. The first-order valence-electron chi connectivity index (χ1n) is 10.3. The van der Waals surface area contributed by atoms with Crippen molar-refractivity contribution in [1.29, 1.82) is 0 Å². The van der Waals surface area contributed by atoms with E-state index in [4.69, 9.17) is 9.84 Å². The first-order chi connectivity index (χ1) is 14.4. The van der Waals surface area contributed by atoms with Crippen molar-refractivity contribution in [2.24, 2.45) is 5.92 Å². The van der Waals surface area contributed by atoms with Crippen molar-refractivity contribution in [2.75, 3.05) is 13.7 Å². The number of nitrogens with zero attached hydrogens (tertiary/aromatic N) is 2. The van der Waals surface area contributed by atoms with Crippen LogP contribution in [-0.4, -0.2) is 35.1 Å². The molecule has 6 heteroatoms. The summed E-state index contributed by atoms with van der Waals surface area (Å²) in [5.74, 6) is 1.09. The Labute approximate surface area is 176 Å². The smallest absolute Gasteiger partial charge is 0.248 e. The van der Waals surface area contributed by atoms with Crippen molar-refractivity contribution in [2.45, 2.75) is 39.2 Å². The van der Waals surface area contributed by atoms with Crippen LogP contribution in [0.1, 0.15) is 44.0 Å². The number of Topliss-reactive ketones (excluding diaryl/α,β-unsaturated/α-hetero) is 1. The van der Waals surface area contributed by atoms with E-state index in [2.05, 4.69) is 19.2 Å². The first-order valence-corrected chi connectivity index (χ1v) is 10.3. The van der Waals surface area contributed by atoms with Crippen molar-refractivity contribution >= 4 is 22.6 Å². The number of rotatable bonds is 7. The maximum absolute atomic E-state index is 12.9. The van der Waals surface area contributed by atoms with Crippen molar-refractivity contribution in [3.63, 3.8) is 0 Å². The summed E-state index contributed by atoms with van der Waals surface area (Å²) in [6.07, 6.45) is 3.47. The highest BCUT2D eigenvalue weighted by atomic mass is 16.5. The Balaban J connectivity index is 1.80. The van der Waals surface area contributed by atoms with Gasteiger partial charge in [0, 0.05) is 23.7 Å². The number of aromatic nitrogens is 2. The van der Waals surface area contributed by atoms with Crippen LogP contribution >= 0.6 is 0 Å². The largest absolute Gasteiger partial charge is 0.494 e. The number of methoxy groups -OCH3 is 1. The molecular formula is C24H27N3O3. The molecule has 0 spiro atoms. The summed E-state index contributed by atoms with van der Waals surface area (Å²) < 4.78 is 7.34. The zero-order chi connectivity index (χ0) is 21.5. The fraction of sp³-hybridized carbons (Fsp3) is 0.375. The van der Waals surface area contributed by atoms with E-state index in [1.54, 1.807) is 18.7 Å². The fourth-order valence-electron chi connectivity index (χ4n) is 3.76. The molecule has 4 rings (SSSR count). The zero-order valence-corrected chi connectivity index (χ0v) is 17.9. The van der Waals surface area contributed by atoms with Crippen LogP contribution in [0.4, 0.5) is 0 Å². The number of ether oxygens (including phenoxy) is 1. The predicted octanol–water partition coefficient (Wildman–Crippen LogP) is 4.18. The molecule has 6 nitrogen and oxygen atoms in total. The third-order valence-electron chi connectivity index (χ3n) is 5.69. The Morgan fingerprint density at radius 2 is 2.00 bits per heavy atom. The average Bonchev–Trinajstić information content (AvgIpc) is 3.43. The zero-order valence-electron chi connectivity index (χ0n) is 17.9. The van der Waals surface area contributed by atoms with Gasteiger partial charge in [0.1, 0.15) is 16.8 Å². The number of carbonyl (C=O) groups is 2. The molecule has 0 unspecified atom stereocenters. The second-order valence-corrected chi connectivity index (χ2v) is 8.42. The number of carbonyl (C=O) groups excluding carboxylic acids is 2. The normalized spacial score (nSPS) is 14.7. The summed E-state index contributed by atoms with van der Waals surface area (Å²) in [6.45, 7) is 6.36. The topological polar surface area (TPSA) is 73.2 Å². The third-order valence-corrected chi connectivity index (χ3v) is 5.69. The van der Waals surface area contributed by atoms with Gasteiger partial charge in [-0.25, -0.2) is 0 Å². The second-order valence-electron chi connectivity index (χ2n) is 8.42. The van der Waals surface area contributed by atoms with E-state index in [0.717, 1.165) is 29.4 Å². The molecule has 1 aliphatic carbocycles. The molecule has 30 heavy (non-hydrogen) atoms. The monoisotopic (exact) mass is 405 g/mol.